The molecule has 0 aliphatic heterocycles. The molecule has 0 unspecified atom stereocenters. The van der Waals surface area contributed by atoms with Gasteiger partial charge in [0.1, 0.15) is 0 Å². The second-order valence-corrected chi connectivity index (χ2v) is 6.14. The SMILES string of the molecule is C=Cc1ccc(/C(C(=C)/C=C\C)=C(/C)C2=CCC(F)(F)CC2)cc1. The van der Waals surface area contributed by atoms with E-state index >= 15 is 0 Å². The lowest BCUT2D eigenvalue weighted by atomic mass is 9.85. The van der Waals surface area contributed by atoms with Crippen LogP contribution in [0.5, 0.6) is 0 Å². The van der Waals surface area contributed by atoms with Gasteiger partial charge in [0.05, 0.1) is 0 Å². The number of alkyl halides is 2. The van der Waals surface area contributed by atoms with Gasteiger partial charge >= 0.3 is 0 Å². The molecule has 2 heteroatoms. The fourth-order valence-electron chi connectivity index (χ4n) is 3.01. The van der Waals surface area contributed by atoms with E-state index in [0.29, 0.717) is 6.42 Å². The molecular weight excluding hydrogens is 302 g/mol. The molecule has 1 aromatic rings. The molecule has 0 amide bonds. The second-order valence-electron chi connectivity index (χ2n) is 6.14. The second kappa shape index (κ2) is 7.57. The van der Waals surface area contributed by atoms with Crippen LogP contribution in [0.1, 0.15) is 44.2 Å². The van der Waals surface area contributed by atoms with Gasteiger partial charge in [-0.05, 0) is 53.7 Å². The zero-order chi connectivity index (χ0) is 17.7. The predicted molar refractivity (Wildman–Crippen MR) is 100.0 cm³/mol. The predicted octanol–water partition coefficient (Wildman–Crippen LogP) is 6.98. The Labute approximate surface area is 143 Å². The van der Waals surface area contributed by atoms with E-state index in [-0.39, 0.29) is 12.8 Å². The minimum Gasteiger partial charge on any atom is -0.207 e. The van der Waals surface area contributed by atoms with E-state index in [1.54, 1.807) is 12.2 Å². The highest BCUT2D eigenvalue weighted by atomic mass is 19.3. The molecule has 0 bridgehead atoms. The average molecular weight is 326 g/mol. The third-order valence-corrected chi connectivity index (χ3v) is 4.39. The summed E-state index contributed by atoms with van der Waals surface area (Å²) in [6.07, 6.45) is 7.51. The number of hydrogen-bond donors (Lipinski definition) is 0. The maximum atomic E-state index is 13.4. The Bertz CT molecular complexity index is 713. The van der Waals surface area contributed by atoms with Gasteiger partial charge < -0.3 is 0 Å². The molecule has 0 fully saturated rings. The normalized spacial score (nSPS) is 18.1. The summed E-state index contributed by atoms with van der Waals surface area (Å²) >= 11 is 0. The molecule has 0 heterocycles. The van der Waals surface area contributed by atoms with Gasteiger partial charge in [-0.1, -0.05) is 61.7 Å². The highest BCUT2D eigenvalue weighted by Crippen LogP contribution is 2.38. The van der Waals surface area contributed by atoms with Gasteiger partial charge in [-0.25, -0.2) is 8.78 Å². The van der Waals surface area contributed by atoms with Gasteiger partial charge in [0.2, 0.25) is 0 Å². The Balaban J connectivity index is 2.50. The fourth-order valence-corrected chi connectivity index (χ4v) is 3.01. The zero-order valence-corrected chi connectivity index (χ0v) is 14.4. The van der Waals surface area contributed by atoms with Crippen molar-refractivity contribution in [2.45, 2.75) is 39.0 Å². The topological polar surface area (TPSA) is 0 Å². The first-order valence-corrected chi connectivity index (χ1v) is 8.21. The molecule has 1 aromatic carbocycles. The molecule has 0 atom stereocenters. The summed E-state index contributed by atoms with van der Waals surface area (Å²) in [5.74, 6) is -2.57. The van der Waals surface area contributed by atoms with Crippen molar-refractivity contribution in [3.8, 4) is 0 Å². The Morgan fingerprint density at radius 3 is 2.38 bits per heavy atom. The van der Waals surface area contributed by atoms with Crippen LogP contribution in [0.3, 0.4) is 0 Å². The van der Waals surface area contributed by atoms with E-state index < -0.39 is 5.92 Å². The van der Waals surface area contributed by atoms with Crippen LogP contribution >= 0.6 is 0 Å². The fraction of sp³-hybridized carbons (Fsp3) is 0.273. The van der Waals surface area contributed by atoms with Crippen molar-refractivity contribution in [1.82, 2.24) is 0 Å². The molecule has 0 saturated heterocycles. The summed E-state index contributed by atoms with van der Waals surface area (Å²) in [4.78, 5) is 0. The molecule has 0 radical (unpaired) electrons. The third kappa shape index (κ3) is 4.19. The van der Waals surface area contributed by atoms with E-state index in [1.807, 2.05) is 50.3 Å². The van der Waals surface area contributed by atoms with Crippen molar-refractivity contribution >= 4 is 11.6 Å². The molecule has 126 valence electrons. The quantitative estimate of drug-likeness (QED) is 0.512. The van der Waals surface area contributed by atoms with Crippen molar-refractivity contribution in [2.75, 3.05) is 0 Å². The molecule has 0 nitrogen and oxygen atoms in total. The molecule has 1 aliphatic rings. The molecule has 0 spiro atoms. The Morgan fingerprint density at radius 1 is 1.21 bits per heavy atom. The van der Waals surface area contributed by atoms with Gasteiger partial charge in [0.25, 0.3) is 5.92 Å². The van der Waals surface area contributed by atoms with E-state index in [0.717, 1.165) is 33.4 Å². The maximum Gasteiger partial charge on any atom is 0.251 e. The monoisotopic (exact) mass is 326 g/mol. The van der Waals surface area contributed by atoms with Crippen LogP contribution in [-0.2, 0) is 0 Å². The summed E-state index contributed by atoms with van der Waals surface area (Å²) < 4.78 is 26.9. The van der Waals surface area contributed by atoms with Crippen molar-refractivity contribution < 1.29 is 8.78 Å². The summed E-state index contributed by atoms with van der Waals surface area (Å²) in [6, 6.07) is 8.06. The van der Waals surface area contributed by atoms with Gasteiger partial charge in [0.15, 0.2) is 0 Å². The first-order chi connectivity index (χ1) is 11.4. The van der Waals surface area contributed by atoms with Crippen molar-refractivity contribution in [3.05, 3.63) is 83.5 Å². The summed E-state index contributed by atoms with van der Waals surface area (Å²) in [5.41, 5.74) is 6.01. The number of hydrogen-bond acceptors (Lipinski definition) is 0. The number of halogens is 2. The lowest BCUT2D eigenvalue weighted by Gasteiger charge is -2.24. The number of rotatable bonds is 5. The van der Waals surface area contributed by atoms with Crippen molar-refractivity contribution in [2.24, 2.45) is 0 Å². The van der Waals surface area contributed by atoms with Crippen LogP contribution in [0.15, 0.2) is 72.4 Å². The molecule has 0 N–H and O–H groups in total. The maximum absolute atomic E-state index is 13.4. The van der Waals surface area contributed by atoms with Crippen LogP contribution in [0.2, 0.25) is 0 Å². The van der Waals surface area contributed by atoms with Gasteiger partial charge in [-0.15, -0.1) is 0 Å². The Morgan fingerprint density at radius 2 is 1.88 bits per heavy atom. The van der Waals surface area contributed by atoms with E-state index in [9.17, 15) is 8.78 Å². The molecule has 0 aromatic heterocycles. The van der Waals surface area contributed by atoms with Crippen LogP contribution in [-0.4, -0.2) is 5.92 Å². The third-order valence-electron chi connectivity index (χ3n) is 4.39. The minimum atomic E-state index is -2.57. The lowest BCUT2D eigenvalue weighted by Crippen LogP contribution is -2.19. The van der Waals surface area contributed by atoms with Gasteiger partial charge in [-0.2, -0.15) is 0 Å². The molecule has 2 rings (SSSR count). The smallest absolute Gasteiger partial charge is 0.207 e. The Hall–Kier alpha value is -2.22. The summed E-state index contributed by atoms with van der Waals surface area (Å²) in [6.45, 7) is 11.9. The van der Waals surface area contributed by atoms with Gasteiger partial charge in [-0.3, -0.25) is 0 Å². The number of allylic oxidation sites excluding steroid dienone is 7. The minimum absolute atomic E-state index is 0.0883. The first-order valence-electron chi connectivity index (χ1n) is 8.21. The summed E-state index contributed by atoms with van der Waals surface area (Å²) in [5, 5.41) is 0. The van der Waals surface area contributed by atoms with E-state index in [4.69, 9.17) is 0 Å². The first kappa shape index (κ1) is 18.1. The van der Waals surface area contributed by atoms with Crippen LogP contribution in [0, 0.1) is 0 Å². The van der Waals surface area contributed by atoms with E-state index in [1.165, 1.54) is 0 Å². The molecule has 1 aliphatic carbocycles. The highest BCUT2D eigenvalue weighted by molar-refractivity contribution is 5.85. The molecule has 24 heavy (non-hydrogen) atoms. The highest BCUT2D eigenvalue weighted by Gasteiger charge is 2.31. The van der Waals surface area contributed by atoms with Crippen LogP contribution in [0.4, 0.5) is 8.78 Å². The van der Waals surface area contributed by atoms with E-state index in [2.05, 4.69) is 13.2 Å². The standard InChI is InChI=1S/C22H24F2/c1-5-7-16(3)21(20-10-8-18(6-2)9-11-20)17(4)19-12-14-22(23,24)15-13-19/h5-12H,2-3,13-15H2,1,4H3/b7-5-,21-17-. The lowest BCUT2D eigenvalue weighted by molar-refractivity contribution is -0.00832. The van der Waals surface area contributed by atoms with Crippen LogP contribution < -0.4 is 0 Å². The largest absolute Gasteiger partial charge is 0.251 e. The number of benzene rings is 1. The zero-order valence-electron chi connectivity index (χ0n) is 14.4. The molecular formula is C22H24F2. The molecule has 0 saturated carbocycles. The van der Waals surface area contributed by atoms with Crippen molar-refractivity contribution in [1.29, 1.82) is 0 Å². The Kier molecular flexibility index (Phi) is 5.71. The van der Waals surface area contributed by atoms with Crippen LogP contribution in [0.25, 0.3) is 11.6 Å². The van der Waals surface area contributed by atoms with Crippen molar-refractivity contribution in [3.63, 3.8) is 0 Å². The van der Waals surface area contributed by atoms with Gasteiger partial charge in [0, 0.05) is 12.8 Å². The summed E-state index contributed by atoms with van der Waals surface area (Å²) in [7, 11) is 0. The average Bonchev–Trinajstić information content (AvgIpc) is 2.56.